The van der Waals surface area contributed by atoms with Crippen molar-refractivity contribution in [3.63, 3.8) is 0 Å². The maximum atomic E-state index is 10.6. The Balaban J connectivity index is 1.79. The van der Waals surface area contributed by atoms with Crippen molar-refractivity contribution in [3.8, 4) is 0 Å². The summed E-state index contributed by atoms with van der Waals surface area (Å²) in [5.41, 5.74) is 1.27. The maximum absolute atomic E-state index is 10.6. The zero-order valence-electron chi connectivity index (χ0n) is 12.5. The average molecular weight is 279 g/mol. The molecule has 0 saturated carbocycles. The van der Waals surface area contributed by atoms with Gasteiger partial charge in [-0.3, -0.25) is 9.69 Å². The molecular weight excluding hydrogens is 254 g/mol. The Kier molecular flexibility index (Phi) is 5.17. The first kappa shape index (κ1) is 15.0. The molecule has 5 heteroatoms. The molecule has 1 aromatic heterocycles. The summed E-state index contributed by atoms with van der Waals surface area (Å²) in [6.45, 7) is 7.41. The van der Waals surface area contributed by atoms with Crippen molar-refractivity contribution in [1.29, 1.82) is 0 Å². The first-order valence-corrected chi connectivity index (χ1v) is 7.51. The van der Waals surface area contributed by atoms with Crippen LogP contribution in [0.25, 0.3) is 0 Å². The topological polar surface area (TPSA) is 58.4 Å². The third-order valence-corrected chi connectivity index (χ3v) is 4.16. The minimum absolute atomic E-state index is 0.310. The van der Waals surface area contributed by atoms with E-state index < -0.39 is 5.97 Å². The Hall–Kier alpha value is -1.36. The molecule has 1 aromatic rings. The van der Waals surface area contributed by atoms with Gasteiger partial charge in [0.25, 0.3) is 0 Å². The molecule has 0 radical (unpaired) electrons. The van der Waals surface area contributed by atoms with Gasteiger partial charge >= 0.3 is 5.97 Å². The second-order valence-electron chi connectivity index (χ2n) is 6.04. The van der Waals surface area contributed by atoms with E-state index >= 15 is 0 Å². The molecule has 0 spiro atoms. The van der Waals surface area contributed by atoms with Gasteiger partial charge in [-0.1, -0.05) is 0 Å². The fraction of sp³-hybridized carbons (Fsp3) is 0.733. The normalized spacial score (nSPS) is 17.8. The molecule has 1 fully saturated rings. The highest BCUT2D eigenvalue weighted by atomic mass is 16.4. The smallest absolute Gasteiger partial charge is 0.303 e. The maximum Gasteiger partial charge on any atom is 0.303 e. The van der Waals surface area contributed by atoms with E-state index in [0.717, 1.165) is 38.9 Å². The molecule has 1 aliphatic heterocycles. The van der Waals surface area contributed by atoms with Crippen LogP contribution in [0.1, 0.15) is 51.3 Å². The fourth-order valence-electron chi connectivity index (χ4n) is 2.91. The molecule has 2 heterocycles. The van der Waals surface area contributed by atoms with Crippen molar-refractivity contribution in [2.75, 3.05) is 13.1 Å². The highest BCUT2D eigenvalue weighted by Gasteiger charge is 2.20. The highest BCUT2D eigenvalue weighted by Crippen LogP contribution is 2.23. The summed E-state index contributed by atoms with van der Waals surface area (Å²) < 4.78 is 2.22. The molecule has 112 valence electrons. The quantitative estimate of drug-likeness (QED) is 0.869. The fourth-order valence-corrected chi connectivity index (χ4v) is 2.91. The lowest BCUT2D eigenvalue weighted by Crippen LogP contribution is -2.34. The van der Waals surface area contributed by atoms with Crippen LogP contribution < -0.4 is 0 Å². The molecule has 1 N–H and O–H groups in total. The lowest BCUT2D eigenvalue weighted by atomic mass is 9.92. The predicted octanol–water partition coefficient (Wildman–Crippen LogP) is 2.54. The van der Waals surface area contributed by atoms with Crippen molar-refractivity contribution in [1.82, 2.24) is 14.5 Å². The lowest BCUT2D eigenvalue weighted by molar-refractivity contribution is -0.137. The molecule has 2 rings (SSSR count). The Bertz CT molecular complexity index is 434. The zero-order chi connectivity index (χ0) is 14.5. The van der Waals surface area contributed by atoms with Crippen LogP contribution in [0.2, 0.25) is 0 Å². The minimum Gasteiger partial charge on any atom is -0.481 e. The molecule has 1 aliphatic rings. The zero-order valence-corrected chi connectivity index (χ0v) is 12.5. The third kappa shape index (κ3) is 4.07. The van der Waals surface area contributed by atoms with Gasteiger partial charge in [-0.15, -0.1) is 0 Å². The summed E-state index contributed by atoms with van der Waals surface area (Å²) in [5, 5.41) is 8.73. The number of carboxylic acid groups (broad SMARTS) is 1. The van der Waals surface area contributed by atoms with Crippen LogP contribution in [0.3, 0.4) is 0 Å². The number of piperidine rings is 1. The van der Waals surface area contributed by atoms with Gasteiger partial charge < -0.3 is 9.67 Å². The van der Waals surface area contributed by atoms with Gasteiger partial charge in [-0.05, 0) is 52.1 Å². The Morgan fingerprint density at radius 2 is 2.15 bits per heavy atom. The van der Waals surface area contributed by atoms with E-state index in [1.165, 1.54) is 5.69 Å². The summed E-state index contributed by atoms with van der Waals surface area (Å²) >= 11 is 0. The summed E-state index contributed by atoms with van der Waals surface area (Å²) in [4.78, 5) is 17.3. The number of imidazole rings is 1. The van der Waals surface area contributed by atoms with E-state index in [4.69, 9.17) is 5.11 Å². The number of aliphatic carboxylic acids is 1. The number of rotatable bonds is 6. The van der Waals surface area contributed by atoms with E-state index in [0.29, 0.717) is 18.4 Å². The molecule has 0 aromatic carbocycles. The summed E-state index contributed by atoms with van der Waals surface area (Å²) in [6, 6.07) is 0.445. The Morgan fingerprint density at radius 1 is 1.45 bits per heavy atom. The average Bonchev–Trinajstić information content (AvgIpc) is 2.86. The van der Waals surface area contributed by atoms with Crippen molar-refractivity contribution in [2.24, 2.45) is 5.92 Å². The van der Waals surface area contributed by atoms with E-state index in [9.17, 15) is 4.79 Å². The van der Waals surface area contributed by atoms with E-state index in [-0.39, 0.29) is 0 Å². The minimum atomic E-state index is -0.673. The number of carbonyl (C=O) groups is 1. The molecule has 5 nitrogen and oxygen atoms in total. The number of nitrogens with zero attached hydrogens (tertiary/aromatic N) is 3. The second kappa shape index (κ2) is 6.88. The predicted molar refractivity (Wildman–Crippen MR) is 77.5 cm³/mol. The van der Waals surface area contributed by atoms with Crippen LogP contribution in [-0.4, -0.2) is 38.6 Å². The SMILES string of the molecule is CC(C)n1cncc1CN1CCC(CCC(=O)O)CC1. The second-order valence-corrected chi connectivity index (χ2v) is 6.04. The van der Waals surface area contributed by atoms with Crippen molar-refractivity contribution in [2.45, 2.75) is 52.1 Å². The first-order chi connectivity index (χ1) is 9.56. The van der Waals surface area contributed by atoms with Crippen LogP contribution in [-0.2, 0) is 11.3 Å². The van der Waals surface area contributed by atoms with Crippen LogP contribution in [0.4, 0.5) is 0 Å². The molecule has 0 unspecified atom stereocenters. The lowest BCUT2D eigenvalue weighted by Gasteiger charge is -2.32. The van der Waals surface area contributed by atoms with Crippen molar-refractivity contribution in [3.05, 3.63) is 18.2 Å². The van der Waals surface area contributed by atoms with Gasteiger partial charge in [0.1, 0.15) is 0 Å². The van der Waals surface area contributed by atoms with Gasteiger partial charge in [0.2, 0.25) is 0 Å². The number of hydrogen-bond donors (Lipinski definition) is 1. The van der Waals surface area contributed by atoms with Crippen molar-refractivity contribution < 1.29 is 9.90 Å². The summed E-state index contributed by atoms with van der Waals surface area (Å²) in [5.74, 6) is -0.0920. The molecule has 0 aliphatic carbocycles. The highest BCUT2D eigenvalue weighted by molar-refractivity contribution is 5.66. The standard InChI is InChI=1S/C15H25N3O2/c1-12(2)18-11-16-9-14(18)10-17-7-5-13(6-8-17)3-4-15(19)20/h9,11-13H,3-8,10H2,1-2H3,(H,19,20). The van der Waals surface area contributed by atoms with Crippen LogP contribution >= 0.6 is 0 Å². The Labute approximate surface area is 120 Å². The third-order valence-electron chi connectivity index (χ3n) is 4.16. The van der Waals surface area contributed by atoms with Crippen molar-refractivity contribution >= 4 is 5.97 Å². The largest absolute Gasteiger partial charge is 0.481 e. The molecule has 0 amide bonds. The summed E-state index contributed by atoms with van der Waals surface area (Å²) in [7, 11) is 0. The molecular formula is C15H25N3O2. The molecule has 0 bridgehead atoms. The number of aromatic nitrogens is 2. The first-order valence-electron chi connectivity index (χ1n) is 7.51. The Morgan fingerprint density at radius 3 is 2.75 bits per heavy atom. The van der Waals surface area contributed by atoms with E-state index in [1.54, 1.807) is 0 Å². The van der Waals surface area contributed by atoms with Crippen LogP contribution in [0.5, 0.6) is 0 Å². The van der Waals surface area contributed by atoms with Crippen LogP contribution in [0.15, 0.2) is 12.5 Å². The van der Waals surface area contributed by atoms with Crippen LogP contribution in [0, 0.1) is 5.92 Å². The monoisotopic (exact) mass is 279 g/mol. The number of carboxylic acids is 1. The number of likely N-dealkylation sites (tertiary alicyclic amines) is 1. The van der Waals surface area contributed by atoms with E-state index in [1.807, 2.05) is 12.5 Å². The number of hydrogen-bond acceptors (Lipinski definition) is 3. The van der Waals surface area contributed by atoms with E-state index in [2.05, 4.69) is 28.3 Å². The molecule has 0 atom stereocenters. The van der Waals surface area contributed by atoms with Gasteiger partial charge in [-0.25, -0.2) is 4.98 Å². The van der Waals surface area contributed by atoms with Gasteiger partial charge in [0.15, 0.2) is 0 Å². The van der Waals surface area contributed by atoms with Gasteiger partial charge in [-0.2, -0.15) is 0 Å². The summed E-state index contributed by atoms with van der Waals surface area (Å²) in [6.07, 6.45) is 7.22. The van der Waals surface area contributed by atoms with Gasteiger partial charge in [0, 0.05) is 25.2 Å². The molecule has 20 heavy (non-hydrogen) atoms. The van der Waals surface area contributed by atoms with Gasteiger partial charge in [0.05, 0.1) is 12.0 Å². The molecule has 1 saturated heterocycles.